The molecule has 0 amide bonds. The largest absolute Gasteiger partial charge is 0.494 e. The van der Waals surface area contributed by atoms with Crippen molar-refractivity contribution in [2.45, 2.75) is 45.1 Å². The molecule has 1 heterocycles. The maximum atomic E-state index is 10.9. The van der Waals surface area contributed by atoms with Crippen LogP contribution in [0.3, 0.4) is 0 Å². The van der Waals surface area contributed by atoms with Crippen molar-refractivity contribution < 1.29 is 14.6 Å². The third kappa shape index (κ3) is 6.75. The Morgan fingerprint density at radius 2 is 1.48 bits per heavy atom. The van der Waals surface area contributed by atoms with Gasteiger partial charge in [-0.15, -0.1) is 0 Å². The molecule has 1 aromatic heterocycles. The number of nitrogens with zero attached hydrogens (tertiary/aromatic N) is 3. The van der Waals surface area contributed by atoms with Crippen molar-refractivity contribution in [2.24, 2.45) is 0 Å². The smallest absolute Gasteiger partial charge is 0.335 e. The maximum absolute atomic E-state index is 10.9. The summed E-state index contributed by atoms with van der Waals surface area (Å²) in [7, 11) is 0. The number of unbranched alkanes of at least 4 members (excludes halogenated alkanes) is 5. The van der Waals surface area contributed by atoms with Crippen LogP contribution in [0.5, 0.6) is 5.75 Å². The van der Waals surface area contributed by atoms with Gasteiger partial charge in [0.05, 0.1) is 12.2 Å². The van der Waals surface area contributed by atoms with E-state index in [1.807, 2.05) is 41.1 Å². The summed E-state index contributed by atoms with van der Waals surface area (Å²) in [5, 5.41) is 13.1. The lowest BCUT2D eigenvalue weighted by atomic mass is 10.0. The molecule has 2 aromatic carbocycles. The Morgan fingerprint density at radius 1 is 0.862 bits per heavy atom. The van der Waals surface area contributed by atoms with Crippen molar-refractivity contribution >= 4 is 5.97 Å². The van der Waals surface area contributed by atoms with E-state index in [9.17, 15) is 4.79 Å². The second-order valence-corrected chi connectivity index (χ2v) is 7.04. The highest BCUT2D eigenvalue weighted by Gasteiger charge is 2.03. The number of aromatic carboxylic acids is 1. The van der Waals surface area contributed by atoms with E-state index in [1.165, 1.54) is 25.7 Å². The van der Waals surface area contributed by atoms with Crippen LogP contribution in [0.25, 0.3) is 11.1 Å². The van der Waals surface area contributed by atoms with Crippen LogP contribution in [-0.4, -0.2) is 32.4 Å². The quantitative estimate of drug-likeness (QED) is 0.435. The van der Waals surface area contributed by atoms with Gasteiger partial charge in [0.2, 0.25) is 0 Å². The van der Waals surface area contributed by atoms with Crippen molar-refractivity contribution in [2.75, 3.05) is 6.61 Å². The van der Waals surface area contributed by atoms with E-state index in [2.05, 4.69) is 10.1 Å². The molecule has 0 spiro atoms. The molecule has 3 rings (SSSR count). The first-order chi connectivity index (χ1) is 14.2. The molecular weight excluding hydrogens is 366 g/mol. The minimum absolute atomic E-state index is 0.295. The van der Waals surface area contributed by atoms with Crippen molar-refractivity contribution in [1.29, 1.82) is 0 Å². The molecule has 0 atom stereocenters. The number of carboxylic acid groups (broad SMARTS) is 1. The molecule has 6 heteroatoms. The third-order valence-corrected chi connectivity index (χ3v) is 4.84. The lowest BCUT2D eigenvalue weighted by molar-refractivity contribution is 0.0697. The lowest BCUT2D eigenvalue weighted by Crippen LogP contribution is -1.99. The van der Waals surface area contributed by atoms with E-state index in [-0.39, 0.29) is 0 Å². The van der Waals surface area contributed by atoms with Gasteiger partial charge in [0.15, 0.2) is 0 Å². The first-order valence-corrected chi connectivity index (χ1v) is 10.1. The summed E-state index contributed by atoms with van der Waals surface area (Å²) in [6, 6.07) is 14.8. The number of carboxylic acids is 1. The van der Waals surface area contributed by atoms with Crippen LogP contribution in [0.4, 0.5) is 0 Å². The molecule has 3 aromatic rings. The Morgan fingerprint density at radius 3 is 2.10 bits per heavy atom. The van der Waals surface area contributed by atoms with Gasteiger partial charge in [0.25, 0.3) is 0 Å². The van der Waals surface area contributed by atoms with Gasteiger partial charge in [-0.3, -0.25) is 4.68 Å². The van der Waals surface area contributed by atoms with E-state index in [1.54, 1.807) is 24.8 Å². The Balaban J connectivity index is 1.28. The molecule has 0 bridgehead atoms. The number of ether oxygens (including phenoxy) is 1. The zero-order valence-electron chi connectivity index (χ0n) is 16.5. The molecule has 0 unspecified atom stereocenters. The van der Waals surface area contributed by atoms with Gasteiger partial charge in [-0.1, -0.05) is 49.9 Å². The maximum Gasteiger partial charge on any atom is 0.335 e. The first-order valence-electron chi connectivity index (χ1n) is 10.1. The van der Waals surface area contributed by atoms with Crippen LogP contribution in [-0.2, 0) is 6.54 Å². The van der Waals surface area contributed by atoms with Gasteiger partial charge < -0.3 is 9.84 Å². The highest BCUT2D eigenvalue weighted by molar-refractivity contribution is 5.88. The van der Waals surface area contributed by atoms with Gasteiger partial charge in [-0.05, 0) is 48.2 Å². The molecule has 1 N–H and O–H groups in total. The van der Waals surface area contributed by atoms with E-state index in [0.717, 1.165) is 42.9 Å². The molecule has 0 aliphatic carbocycles. The minimum atomic E-state index is -0.910. The Bertz CT molecular complexity index is 859. The van der Waals surface area contributed by atoms with Crippen LogP contribution in [0.1, 0.15) is 48.9 Å². The van der Waals surface area contributed by atoms with Crippen LogP contribution in [0, 0.1) is 0 Å². The number of aromatic nitrogens is 3. The number of rotatable bonds is 12. The second kappa shape index (κ2) is 11.0. The average molecular weight is 393 g/mol. The molecule has 0 saturated heterocycles. The van der Waals surface area contributed by atoms with Gasteiger partial charge in [-0.2, -0.15) is 5.10 Å². The summed E-state index contributed by atoms with van der Waals surface area (Å²) < 4.78 is 7.71. The molecule has 29 heavy (non-hydrogen) atoms. The monoisotopic (exact) mass is 393 g/mol. The molecule has 0 fully saturated rings. The molecular formula is C23H27N3O3. The molecule has 152 valence electrons. The minimum Gasteiger partial charge on any atom is -0.494 e. The zero-order chi connectivity index (χ0) is 20.3. The normalized spacial score (nSPS) is 10.8. The van der Waals surface area contributed by atoms with Crippen LogP contribution >= 0.6 is 0 Å². The number of aryl methyl sites for hydroxylation is 1. The van der Waals surface area contributed by atoms with Gasteiger partial charge >= 0.3 is 5.97 Å². The highest BCUT2D eigenvalue weighted by Crippen LogP contribution is 2.23. The van der Waals surface area contributed by atoms with E-state index >= 15 is 0 Å². The number of carbonyl (C=O) groups is 1. The fourth-order valence-corrected chi connectivity index (χ4v) is 3.17. The predicted octanol–water partition coefficient (Wildman–Crippen LogP) is 5.06. The molecule has 0 radical (unpaired) electrons. The van der Waals surface area contributed by atoms with Crippen molar-refractivity contribution in [3.8, 4) is 16.9 Å². The van der Waals surface area contributed by atoms with E-state index in [0.29, 0.717) is 5.56 Å². The summed E-state index contributed by atoms with van der Waals surface area (Å²) in [6.07, 6.45) is 10.4. The summed E-state index contributed by atoms with van der Waals surface area (Å²) in [5.41, 5.74) is 2.33. The number of hydrogen-bond acceptors (Lipinski definition) is 4. The SMILES string of the molecule is O=C(O)c1ccc(-c2ccc(OCCCCCCCCn3cncn3)cc2)cc1. The standard InChI is InChI=1S/C23H27N3O3/c27-23(28)21-9-7-19(8-10-21)20-11-13-22(14-12-20)29-16-6-4-2-1-3-5-15-26-18-24-17-25-26/h7-14,17-18H,1-6,15-16H2,(H,27,28). The summed E-state index contributed by atoms with van der Waals surface area (Å²) in [6.45, 7) is 1.68. The predicted molar refractivity (Wildman–Crippen MR) is 112 cm³/mol. The van der Waals surface area contributed by atoms with E-state index in [4.69, 9.17) is 9.84 Å². The van der Waals surface area contributed by atoms with Crippen molar-refractivity contribution in [3.63, 3.8) is 0 Å². The third-order valence-electron chi connectivity index (χ3n) is 4.84. The Labute approximate surface area is 171 Å². The topological polar surface area (TPSA) is 77.2 Å². The molecule has 6 nitrogen and oxygen atoms in total. The van der Waals surface area contributed by atoms with E-state index < -0.39 is 5.97 Å². The molecule has 0 aliphatic heterocycles. The second-order valence-electron chi connectivity index (χ2n) is 7.04. The Hall–Kier alpha value is -3.15. The number of hydrogen-bond donors (Lipinski definition) is 1. The van der Waals surface area contributed by atoms with Crippen molar-refractivity contribution in [3.05, 3.63) is 66.7 Å². The lowest BCUT2D eigenvalue weighted by Gasteiger charge is -2.08. The summed E-state index contributed by atoms with van der Waals surface area (Å²) in [4.78, 5) is 14.9. The Kier molecular flexibility index (Phi) is 7.81. The van der Waals surface area contributed by atoms with Crippen LogP contribution in [0.15, 0.2) is 61.2 Å². The number of benzene rings is 2. The first kappa shape index (κ1) is 20.6. The zero-order valence-corrected chi connectivity index (χ0v) is 16.5. The van der Waals surface area contributed by atoms with Crippen molar-refractivity contribution in [1.82, 2.24) is 14.8 Å². The van der Waals surface area contributed by atoms with Crippen LogP contribution in [0.2, 0.25) is 0 Å². The highest BCUT2D eigenvalue weighted by atomic mass is 16.5. The molecule has 0 saturated carbocycles. The fourth-order valence-electron chi connectivity index (χ4n) is 3.17. The summed E-state index contributed by atoms with van der Waals surface area (Å²) >= 11 is 0. The molecule has 0 aliphatic rings. The van der Waals surface area contributed by atoms with Crippen LogP contribution < -0.4 is 4.74 Å². The van der Waals surface area contributed by atoms with Gasteiger partial charge in [-0.25, -0.2) is 9.78 Å². The fraction of sp³-hybridized carbons (Fsp3) is 0.348. The van der Waals surface area contributed by atoms with Gasteiger partial charge in [0, 0.05) is 6.54 Å². The average Bonchev–Trinajstić information content (AvgIpc) is 3.26. The van der Waals surface area contributed by atoms with Gasteiger partial charge in [0.1, 0.15) is 18.4 Å². The summed E-state index contributed by atoms with van der Waals surface area (Å²) in [5.74, 6) is -0.0455.